The van der Waals surface area contributed by atoms with E-state index in [1.165, 1.54) is 19.2 Å². The molecule has 0 aliphatic carbocycles. The highest BCUT2D eigenvalue weighted by molar-refractivity contribution is 5.99. The summed E-state index contributed by atoms with van der Waals surface area (Å²) in [6.45, 7) is 3.52. The molecule has 0 spiro atoms. The molecule has 0 aliphatic heterocycles. The summed E-state index contributed by atoms with van der Waals surface area (Å²) < 4.78 is 4.60. The van der Waals surface area contributed by atoms with Gasteiger partial charge in [0.1, 0.15) is 17.5 Å². The Morgan fingerprint density at radius 2 is 1.89 bits per heavy atom. The summed E-state index contributed by atoms with van der Waals surface area (Å²) in [5.74, 6) is -1.83. The third-order valence-electron chi connectivity index (χ3n) is 2.63. The van der Waals surface area contributed by atoms with Gasteiger partial charge in [0.05, 0.1) is 12.7 Å². The predicted molar refractivity (Wildman–Crippen MR) is 67.9 cm³/mol. The van der Waals surface area contributed by atoms with Crippen molar-refractivity contribution in [3.63, 3.8) is 0 Å². The molecule has 0 aromatic heterocycles. The number of carbonyl (C=O) groups excluding carboxylic acids is 2. The fourth-order valence-corrected chi connectivity index (χ4v) is 1.56. The topological polar surface area (TPSA) is 95.9 Å². The SMILES string of the molecule is COC(=O)C(NC(=O)c1ccc(O)cc1O)C(C)C. The average Bonchev–Trinajstić information content (AvgIpc) is 2.34. The van der Waals surface area contributed by atoms with E-state index >= 15 is 0 Å². The predicted octanol–water partition coefficient (Wildman–Crippen LogP) is 1.03. The number of ether oxygens (including phenoxy) is 1. The van der Waals surface area contributed by atoms with Crippen LogP contribution in [0.2, 0.25) is 0 Å². The van der Waals surface area contributed by atoms with Crippen LogP contribution in [0, 0.1) is 5.92 Å². The quantitative estimate of drug-likeness (QED) is 0.708. The van der Waals surface area contributed by atoms with Crippen LogP contribution in [0.5, 0.6) is 11.5 Å². The summed E-state index contributed by atoms with van der Waals surface area (Å²) in [6.07, 6.45) is 0. The molecule has 0 bridgehead atoms. The maximum Gasteiger partial charge on any atom is 0.328 e. The van der Waals surface area contributed by atoms with Crippen LogP contribution in [-0.4, -0.2) is 35.2 Å². The molecule has 0 aliphatic rings. The smallest absolute Gasteiger partial charge is 0.328 e. The molecule has 1 amide bonds. The number of benzene rings is 1. The zero-order valence-electron chi connectivity index (χ0n) is 11.0. The van der Waals surface area contributed by atoms with Crippen LogP contribution < -0.4 is 5.32 Å². The molecule has 0 heterocycles. The van der Waals surface area contributed by atoms with Crippen LogP contribution in [0.3, 0.4) is 0 Å². The second-order valence-corrected chi connectivity index (χ2v) is 4.42. The second-order valence-electron chi connectivity index (χ2n) is 4.42. The first-order valence-corrected chi connectivity index (χ1v) is 5.77. The summed E-state index contributed by atoms with van der Waals surface area (Å²) in [6, 6.07) is 2.80. The lowest BCUT2D eigenvalue weighted by molar-refractivity contribution is -0.144. The van der Waals surface area contributed by atoms with Gasteiger partial charge in [-0.3, -0.25) is 4.79 Å². The van der Waals surface area contributed by atoms with Gasteiger partial charge < -0.3 is 20.3 Å². The molecule has 1 atom stereocenters. The number of amides is 1. The Bertz CT molecular complexity index is 484. The number of phenolic OH excluding ortho intramolecular Hbond substituents is 2. The first-order chi connectivity index (χ1) is 8.86. The van der Waals surface area contributed by atoms with Gasteiger partial charge in [-0.15, -0.1) is 0 Å². The van der Waals surface area contributed by atoms with Gasteiger partial charge in [0, 0.05) is 6.07 Å². The fourth-order valence-electron chi connectivity index (χ4n) is 1.56. The maximum absolute atomic E-state index is 12.0. The van der Waals surface area contributed by atoms with Crippen molar-refractivity contribution in [3.05, 3.63) is 23.8 Å². The molecule has 104 valence electrons. The third kappa shape index (κ3) is 3.61. The van der Waals surface area contributed by atoms with Crippen molar-refractivity contribution in [1.82, 2.24) is 5.32 Å². The maximum atomic E-state index is 12.0. The lowest BCUT2D eigenvalue weighted by Crippen LogP contribution is -2.45. The number of phenols is 2. The van der Waals surface area contributed by atoms with E-state index in [-0.39, 0.29) is 23.0 Å². The molecule has 0 saturated carbocycles. The monoisotopic (exact) mass is 267 g/mol. The van der Waals surface area contributed by atoms with Crippen LogP contribution in [0.1, 0.15) is 24.2 Å². The molecule has 1 aromatic rings. The minimum atomic E-state index is -0.800. The van der Waals surface area contributed by atoms with Crippen molar-refractivity contribution >= 4 is 11.9 Å². The van der Waals surface area contributed by atoms with Crippen molar-refractivity contribution < 1.29 is 24.5 Å². The summed E-state index contributed by atoms with van der Waals surface area (Å²) in [4.78, 5) is 23.5. The number of hydrogen-bond donors (Lipinski definition) is 3. The minimum absolute atomic E-state index is 0.0210. The number of hydrogen-bond acceptors (Lipinski definition) is 5. The molecule has 1 rings (SSSR count). The van der Waals surface area contributed by atoms with Crippen LogP contribution in [0.15, 0.2) is 18.2 Å². The van der Waals surface area contributed by atoms with Crippen LogP contribution >= 0.6 is 0 Å². The number of carbonyl (C=O) groups is 2. The van der Waals surface area contributed by atoms with Crippen molar-refractivity contribution in [2.24, 2.45) is 5.92 Å². The molecule has 0 saturated heterocycles. The van der Waals surface area contributed by atoms with Gasteiger partial charge in [0.25, 0.3) is 5.91 Å². The molecule has 3 N–H and O–H groups in total. The van der Waals surface area contributed by atoms with Gasteiger partial charge >= 0.3 is 5.97 Å². The molecule has 6 heteroatoms. The summed E-state index contributed by atoms with van der Waals surface area (Å²) in [5.41, 5.74) is -0.0210. The molecular weight excluding hydrogens is 250 g/mol. The summed E-state index contributed by atoms with van der Waals surface area (Å²) >= 11 is 0. The van der Waals surface area contributed by atoms with Crippen LogP contribution in [0.4, 0.5) is 0 Å². The molecule has 19 heavy (non-hydrogen) atoms. The van der Waals surface area contributed by atoms with Gasteiger partial charge in [-0.25, -0.2) is 4.79 Å². The largest absolute Gasteiger partial charge is 0.508 e. The Labute approximate surface area is 111 Å². The Morgan fingerprint density at radius 3 is 2.37 bits per heavy atom. The van der Waals surface area contributed by atoms with E-state index in [9.17, 15) is 14.7 Å². The van der Waals surface area contributed by atoms with E-state index in [2.05, 4.69) is 10.1 Å². The van der Waals surface area contributed by atoms with E-state index < -0.39 is 17.9 Å². The third-order valence-corrected chi connectivity index (χ3v) is 2.63. The summed E-state index contributed by atoms with van der Waals surface area (Å²) in [5, 5.41) is 21.2. The van der Waals surface area contributed by atoms with Crippen LogP contribution in [0.25, 0.3) is 0 Å². The summed E-state index contributed by atoms with van der Waals surface area (Å²) in [7, 11) is 1.24. The number of rotatable bonds is 4. The fraction of sp³-hybridized carbons (Fsp3) is 0.385. The first-order valence-electron chi connectivity index (χ1n) is 5.77. The Hall–Kier alpha value is -2.24. The normalized spacial score (nSPS) is 12.0. The number of nitrogens with one attached hydrogen (secondary N) is 1. The highest BCUT2D eigenvalue weighted by atomic mass is 16.5. The number of aromatic hydroxyl groups is 2. The van der Waals surface area contributed by atoms with Gasteiger partial charge in [-0.05, 0) is 18.1 Å². The van der Waals surface area contributed by atoms with Crippen molar-refractivity contribution in [1.29, 1.82) is 0 Å². The van der Waals surface area contributed by atoms with Crippen LogP contribution in [-0.2, 0) is 9.53 Å². The van der Waals surface area contributed by atoms with Crippen molar-refractivity contribution in [3.8, 4) is 11.5 Å². The number of esters is 1. The van der Waals surface area contributed by atoms with E-state index in [0.29, 0.717) is 0 Å². The van der Waals surface area contributed by atoms with Crippen molar-refractivity contribution in [2.45, 2.75) is 19.9 Å². The van der Waals surface area contributed by atoms with E-state index in [0.717, 1.165) is 6.07 Å². The van der Waals surface area contributed by atoms with E-state index in [4.69, 9.17) is 5.11 Å². The molecule has 1 unspecified atom stereocenters. The Balaban J connectivity index is 2.91. The highest BCUT2D eigenvalue weighted by Gasteiger charge is 2.26. The molecule has 0 radical (unpaired) electrons. The zero-order valence-corrected chi connectivity index (χ0v) is 11.0. The second kappa shape index (κ2) is 6.08. The van der Waals surface area contributed by atoms with E-state index in [1.807, 2.05) is 0 Å². The molecule has 0 fully saturated rings. The van der Waals surface area contributed by atoms with Gasteiger partial charge in [-0.2, -0.15) is 0 Å². The Kier molecular flexibility index (Phi) is 4.74. The molecular formula is C13H17NO5. The number of methoxy groups -OCH3 is 1. The first kappa shape index (κ1) is 14.8. The standard InChI is InChI=1S/C13H17NO5/c1-7(2)11(13(18)19-3)14-12(17)9-5-4-8(15)6-10(9)16/h4-7,11,15-16H,1-3H3,(H,14,17). The Morgan fingerprint density at radius 1 is 1.26 bits per heavy atom. The average molecular weight is 267 g/mol. The van der Waals surface area contributed by atoms with Crippen molar-refractivity contribution in [2.75, 3.05) is 7.11 Å². The van der Waals surface area contributed by atoms with Gasteiger partial charge in [0.2, 0.25) is 0 Å². The minimum Gasteiger partial charge on any atom is -0.508 e. The lowest BCUT2D eigenvalue weighted by Gasteiger charge is -2.20. The van der Waals surface area contributed by atoms with Gasteiger partial charge in [0.15, 0.2) is 0 Å². The molecule has 1 aromatic carbocycles. The zero-order chi connectivity index (χ0) is 14.6. The van der Waals surface area contributed by atoms with E-state index in [1.54, 1.807) is 13.8 Å². The molecule has 6 nitrogen and oxygen atoms in total. The highest BCUT2D eigenvalue weighted by Crippen LogP contribution is 2.22. The van der Waals surface area contributed by atoms with Gasteiger partial charge in [-0.1, -0.05) is 13.8 Å². The lowest BCUT2D eigenvalue weighted by atomic mass is 10.0.